The van der Waals surface area contributed by atoms with Gasteiger partial charge in [0, 0.05) is 17.6 Å². The van der Waals surface area contributed by atoms with Crippen molar-refractivity contribution in [1.29, 1.82) is 0 Å². The zero-order chi connectivity index (χ0) is 13.4. The Balaban J connectivity index is 1.87. The molecule has 2 N–H and O–H groups in total. The van der Waals surface area contributed by atoms with Crippen LogP contribution in [0.2, 0.25) is 0 Å². The highest BCUT2D eigenvalue weighted by Crippen LogP contribution is 2.23. The zero-order valence-electron chi connectivity index (χ0n) is 11.1. The molecule has 0 saturated carbocycles. The van der Waals surface area contributed by atoms with Gasteiger partial charge < -0.3 is 14.7 Å². The predicted octanol–water partition coefficient (Wildman–Crippen LogP) is 2.95. The minimum Gasteiger partial charge on any atom is -0.459 e. The molecule has 0 spiro atoms. The lowest BCUT2D eigenvalue weighted by atomic mass is 10.2. The van der Waals surface area contributed by atoms with E-state index in [0.717, 1.165) is 28.1 Å². The van der Waals surface area contributed by atoms with Crippen molar-refractivity contribution in [1.82, 2.24) is 9.55 Å². The Bertz CT molecular complexity index is 678. The highest BCUT2D eigenvalue weighted by Gasteiger charge is 2.14. The first-order chi connectivity index (χ1) is 9.15. The molecule has 2 aromatic heterocycles. The molecule has 0 saturated heterocycles. The topological polar surface area (TPSA) is 57.0 Å². The number of nitrogens with two attached hydrogens (primary N) is 1. The van der Waals surface area contributed by atoms with E-state index in [-0.39, 0.29) is 6.04 Å². The summed E-state index contributed by atoms with van der Waals surface area (Å²) in [6.45, 7) is 4.72. The van der Waals surface area contributed by atoms with E-state index in [2.05, 4.69) is 9.55 Å². The number of rotatable bonds is 3. The largest absolute Gasteiger partial charge is 0.459 e. The Hall–Kier alpha value is -2.07. The minimum atomic E-state index is -0.167. The third-order valence-corrected chi connectivity index (χ3v) is 3.55. The number of aromatic nitrogens is 2. The summed E-state index contributed by atoms with van der Waals surface area (Å²) in [5.41, 5.74) is 9.29. The zero-order valence-corrected chi connectivity index (χ0v) is 11.1. The summed E-state index contributed by atoms with van der Waals surface area (Å²) in [7, 11) is 0. The number of benzene rings is 1. The molecule has 98 valence electrons. The first-order valence-corrected chi connectivity index (χ1v) is 6.37. The number of para-hydroxylation sites is 1. The molecular weight excluding hydrogens is 238 g/mol. The van der Waals surface area contributed by atoms with Gasteiger partial charge in [0.05, 0.1) is 18.1 Å². The van der Waals surface area contributed by atoms with Crippen molar-refractivity contribution in [2.45, 2.75) is 26.4 Å². The number of fused-ring (bicyclic) bond motifs is 1. The lowest BCUT2D eigenvalue weighted by molar-refractivity contribution is 0.453. The van der Waals surface area contributed by atoms with Crippen LogP contribution >= 0.6 is 0 Å². The van der Waals surface area contributed by atoms with Crippen molar-refractivity contribution in [3.63, 3.8) is 0 Å². The minimum absolute atomic E-state index is 0.167. The lowest BCUT2D eigenvalue weighted by Gasteiger charge is -2.11. The molecule has 19 heavy (non-hydrogen) atoms. The van der Waals surface area contributed by atoms with E-state index in [4.69, 9.17) is 10.2 Å². The summed E-state index contributed by atoms with van der Waals surface area (Å²) >= 11 is 0. The van der Waals surface area contributed by atoms with E-state index in [9.17, 15) is 0 Å². The lowest BCUT2D eigenvalue weighted by Crippen LogP contribution is -2.17. The molecule has 0 amide bonds. The van der Waals surface area contributed by atoms with E-state index in [0.29, 0.717) is 6.54 Å². The van der Waals surface area contributed by atoms with Gasteiger partial charge in [-0.05, 0) is 26.0 Å². The molecule has 1 atom stereocenters. The second-order valence-corrected chi connectivity index (χ2v) is 4.86. The standard InChI is InChI=1S/C15H17N3O/c1-10-11(2)18(9-17-10)8-13(16)15-7-12-5-3-4-6-14(12)19-15/h3-7,9,13H,8,16H2,1-2H3. The molecule has 0 radical (unpaired) electrons. The molecule has 0 bridgehead atoms. The molecule has 2 heterocycles. The average Bonchev–Trinajstić information content (AvgIpc) is 2.97. The first kappa shape index (κ1) is 12.0. The van der Waals surface area contributed by atoms with Crippen molar-refractivity contribution in [3.05, 3.63) is 53.8 Å². The average molecular weight is 255 g/mol. The Morgan fingerprint density at radius 3 is 2.79 bits per heavy atom. The molecule has 1 unspecified atom stereocenters. The van der Waals surface area contributed by atoms with Crippen molar-refractivity contribution in [2.24, 2.45) is 5.73 Å². The third-order valence-electron chi connectivity index (χ3n) is 3.55. The first-order valence-electron chi connectivity index (χ1n) is 6.37. The Kier molecular flexibility index (Phi) is 2.87. The van der Waals surface area contributed by atoms with Crippen LogP contribution in [0.4, 0.5) is 0 Å². The molecule has 1 aromatic carbocycles. The number of hydrogen-bond acceptors (Lipinski definition) is 3. The van der Waals surface area contributed by atoms with Gasteiger partial charge in [0.2, 0.25) is 0 Å². The highest BCUT2D eigenvalue weighted by atomic mass is 16.3. The van der Waals surface area contributed by atoms with Crippen LogP contribution in [0.3, 0.4) is 0 Å². The third kappa shape index (κ3) is 2.15. The Morgan fingerprint density at radius 2 is 2.11 bits per heavy atom. The van der Waals surface area contributed by atoms with Crippen LogP contribution < -0.4 is 5.73 Å². The van der Waals surface area contributed by atoms with Gasteiger partial charge in [-0.25, -0.2) is 4.98 Å². The summed E-state index contributed by atoms with van der Waals surface area (Å²) in [6, 6.07) is 9.79. The van der Waals surface area contributed by atoms with Gasteiger partial charge in [0.1, 0.15) is 11.3 Å². The number of hydrogen-bond donors (Lipinski definition) is 1. The maximum Gasteiger partial charge on any atom is 0.134 e. The maximum atomic E-state index is 6.23. The van der Waals surface area contributed by atoms with Crippen LogP contribution in [0.1, 0.15) is 23.2 Å². The van der Waals surface area contributed by atoms with Gasteiger partial charge >= 0.3 is 0 Å². The van der Waals surface area contributed by atoms with E-state index >= 15 is 0 Å². The molecule has 0 aliphatic heterocycles. The number of aryl methyl sites for hydroxylation is 1. The monoisotopic (exact) mass is 255 g/mol. The van der Waals surface area contributed by atoms with Crippen molar-refractivity contribution >= 4 is 11.0 Å². The van der Waals surface area contributed by atoms with Crippen molar-refractivity contribution < 1.29 is 4.42 Å². The molecular formula is C15H17N3O. The SMILES string of the molecule is Cc1ncn(CC(N)c2cc3ccccc3o2)c1C. The fourth-order valence-corrected chi connectivity index (χ4v) is 2.22. The van der Waals surface area contributed by atoms with Crippen LogP contribution in [-0.2, 0) is 6.54 Å². The summed E-state index contributed by atoms with van der Waals surface area (Å²) in [5.74, 6) is 0.812. The molecule has 0 aliphatic carbocycles. The second kappa shape index (κ2) is 4.55. The Morgan fingerprint density at radius 1 is 1.32 bits per heavy atom. The molecule has 3 rings (SSSR count). The van der Waals surface area contributed by atoms with Crippen LogP contribution in [0.15, 0.2) is 41.1 Å². The molecule has 0 aliphatic rings. The van der Waals surface area contributed by atoms with E-state index < -0.39 is 0 Å². The summed E-state index contributed by atoms with van der Waals surface area (Å²) in [6.07, 6.45) is 1.83. The highest BCUT2D eigenvalue weighted by molar-refractivity contribution is 5.77. The molecule has 3 aromatic rings. The van der Waals surface area contributed by atoms with Crippen molar-refractivity contribution in [2.75, 3.05) is 0 Å². The fourth-order valence-electron chi connectivity index (χ4n) is 2.22. The van der Waals surface area contributed by atoms with Gasteiger partial charge in [-0.15, -0.1) is 0 Å². The Labute approximate surface area is 111 Å². The van der Waals surface area contributed by atoms with E-state index in [1.54, 1.807) is 0 Å². The molecule has 4 heteroatoms. The van der Waals surface area contributed by atoms with Gasteiger partial charge in [0.25, 0.3) is 0 Å². The molecule has 4 nitrogen and oxygen atoms in total. The quantitative estimate of drug-likeness (QED) is 0.782. The molecule has 0 fully saturated rings. The normalized spacial score (nSPS) is 13.0. The van der Waals surface area contributed by atoms with Crippen LogP contribution in [0.25, 0.3) is 11.0 Å². The van der Waals surface area contributed by atoms with Crippen LogP contribution in [0.5, 0.6) is 0 Å². The fraction of sp³-hybridized carbons (Fsp3) is 0.267. The second-order valence-electron chi connectivity index (χ2n) is 4.86. The van der Waals surface area contributed by atoms with E-state index in [1.807, 2.05) is 50.5 Å². The summed E-state index contributed by atoms with van der Waals surface area (Å²) in [5, 5.41) is 1.09. The summed E-state index contributed by atoms with van der Waals surface area (Å²) < 4.78 is 7.85. The van der Waals surface area contributed by atoms with E-state index in [1.165, 1.54) is 0 Å². The number of nitrogens with zero attached hydrogens (tertiary/aromatic N) is 2. The van der Waals surface area contributed by atoms with Crippen LogP contribution in [0, 0.1) is 13.8 Å². The predicted molar refractivity (Wildman–Crippen MR) is 74.8 cm³/mol. The van der Waals surface area contributed by atoms with Crippen molar-refractivity contribution in [3.8, 4) is 0 Å². The maximum absolute atomic E-state index is 6.23. The van der Waals surface area contributed by atoms with Gasteiger partial charge in [-0.1, -0.05) is 18.2 Å². The van der Waals surface area contributed by atoms with Gasteiger partial charge in [0.15, 0.2) is 0 Å². The number of imidazole rings is 1. The van der Waals surface area contributed by atoms with Gasteiger partial charge in [-0.2, -0.15) is 0 Å². The van der Waals surface area contributed by atoms with Gasteiger partial charge in [-0.3, -0.25) is 0 Å². The van der Waals surface area contributed by atoms with Crippen LogP contribution in [-0.4, -0.2) is 9.55 Å². The number of furan rings is 1. The smallest absolute Gasteiger partial charge is 0.134 e. The summed E-state index contributed by atoms with van der Waals surface area (Å²) in [4.78, 5) is 4.28.